The number of methoxy groups -OCH3 is 2. The maximum Gasteiger partial charge on any atom is 0.407 e. The fourth-order valence-electron chi connectivity index (χ4n) is 5.52. The van der Waals surface area contributed by atoms with E-state index < -0.39 is 41.1 Å². The highest BCUT2D eigenvalue weighted by Gasteiger charge is 2.53. The lowest BCUT2D eigenvalue weighted by atomic mass is 9.85. The molecule has 232 valence electrons. The lowest BCUT2D eigenvalue weighted by molar-refractivity contribution is -0.152. The monoisotopic (exact) mass is 590 g/mol. The fourth-order valence-corrected chi connectivity index (χ4v) is 5.52. The molecule has 8 heteroatoms. The largest absolute Gasteiger partial charge is 0.467 e. The molecule has 1 aliphatic rings. The zero-order chi connectivity index (χ0) is 31.6. The fraction of sp³-hybridized carbons (Fsp3) is 0.457. The lowest BCUT2D eigenvalue weighted by Gasteiger charge is -2.35. The number of likely N-dealkylation sites (tertiary alicyclic amines) is 1. The molecule has 1 N–H and O–H groups in total. The molecule has 1 aliphatic heterocycles. The van der Waals surface area contributed by atoms with Crippen molar-refractivity contribution < 1.29 is 28.6 Å². The zero-order valence-electron chi connectivity index (χ0n) is 26.2. The number of benzene rings is 2. The van der Waals surface area contributed by atoms with Crippen LogP contribution < -0.4 is 5.32 Å². The summed E-state index contributed by atoms with van der Waals surface area (Å²) in [5, 5.41) is 2.77. The quantitative estimate of drug-likeness (QED) is 0.163. The minimum absolute atomic E-state index is 0.108. The Balaban J connectivity index is 1.85. The third kappa shape index (κ3) is 8.14. The molecular weight excluding hydrogens is 544 g/mol. The van der Waals surface area contributed by atoms with Gasteiger partial charge in [0.1, 0.15) is 17.7 Å². The van der Waals surface area contributed by atoms with Crippen molar-refractivity contribution in [3.05, 3.63) is 78.9 Å². The van der Waals surface area contributed by atoms with Crippen molar-refractivity contribution in [3.8, 4) is 11.1 Å². The predicted molar refractivity (Wildman–Crippen MR) is 169 cm³/mol. The van der Waals surface area contributed by atoms with Gasteiger partial charge >= 0.3 is 12.1 Å². The van der Waals surface area contributed by atoms with E-state index in [1.165, 1.54) is 12.0 Å². The first-order valence-corrected chi connectivity index (χ1v) is 14.8. The molecule has 0 bridgehead atoms. The van der Waals surface area contributed by atoms with Gasteiger partial charge in [-0.05, 0) is 53.4 Å². The molecule has 8 nitrogen and oxygen atoms in total. The number of hydrogen-bond acceptors (Lipinski definition) is 6. The summed E-state index contributed by atoms with van der Waals surface area (Å²) in [6, 6.07) is 14.1. The van der Waals surface area contributed by atoms with Crippen molar-refractivity contribution in [3.63, 3.8) is 0 Å². The van der Waals surface area contributed by atoms with Crippen molar-refractivity contribution in [1.82, 2.24) is 10.2 Å². The van der Waals surface area contributed by atoms with E-state index in [9.17, 15) is 14.4 Å². The molecule has 1 fully saturated rings. The highest BCUT2D eigenvalue weighted by Crippen LogP contribution is 2.41. The Morgan fingerprint density at radius 1 is 1.05 bits per heavy atom. The molecule has 1 saturated heterocycles. The normalized spacial score (nSPS) is 18.9. The van der Waals surface area contributed by atoms with E-state index in [-0.39, 0.29) is 19.6 Å². The van der Waals surface area contributed by atoms with Crippen LogP contribution >= 0.6 is 0 Å². The number of carbonyl (C=O) groups is 3. The minimum atomic E-state index is -0.959. The van der Waals surface area contributed by atoms with Crippen LogP contribution in [0.4, 0.5) is 4.79 Å². The van der Waals surface area contributed by atoms with Crippen LogP contribution in [0.1, 0.15) is 64.0 Å². The van der Waals surface area contributed by atoms with Gasteiger partial charge in [0.05, 0.1) is 20.3 Å². The number of esters is 1. The molecule has 2 amide bonds. The molecule has 0 aliphatic carbocycles. The van der Waals surface area contributed by atoms with E-state index in [1.54, 1.807) is 7.11 Å². The van der Waals surface area contributed by atoms with Crippen molar-refractivity contribution >= 4 is 24.0 Å². The number of amides is 2. The molecule has 0 spiro atoms. The number of hydrogen-bond donors (Lipinski definition) is 1. The van der Waals surface area contributed by atoms with E-state index in [0.29, 0.717) is 0 Å². The Labute approximate surface area is 256 Å². The molecule has 1 heterocycles. The summed E-state index contributed by atoms with van der Waals surface area (Å²) in [5.74, 6) is -0.945. The maximum absolute atomic E-state index is 14.1. The van der Waals surface area contributed by atoms with Crippen LogP contribution in [0.25, 0.3) is 17.2 Å². The average Bonchev–Trinajstić information content (AvgIpc) is 3.42. The van der Waals surface area contributed by atoms with Crippen molar-refractivity contribution in [2.45, 2.75) is 70.6 Å². The van der Waals surface area contributed by atoms with Crippen LogP contribution in [0.5, 0.6) is 0 Å². The topological polar surface area (TPSA) is 94.2 Å². The van der Waals surface area contributed by atoms with Gasteiger partial charge in [0.25, 0.3) is 0 Å². The number of ether oxygens (including phenoxy) is 3. The van der Waals surface area contributed by atoms with E-state index in [4.69, 9.17) is 14.2 Å². The minimum Gasteiger partial charge on any atom is -0.467 e. The predicted octanol–water partition coefficient (Wildman–Crippen LogP) is 6.50. The SMILES string of the molecule is C=CCCCCCOC(=O)NC(C(=O)N1C[C@](OC)(c2ccc(-c3ccccc3C=C)cc2)C[C@H]1C(=O)OC)C(C)(C)C. The molecule has 43 heavy (non-hydrogen) atoms. The third-order valence-electron chi connectivity index (χ3n) is 8.04. The van der Waals surface area contributed by atoms with Crippen molar-refractivity contribution in [1.29, 1.82) is 0 Å². The highest BCUT2D eigenvalue weighted by molar-refractivity contribution is 5.91. The maximum atomic E-state index is 14.1. The van der Waals surface area contributed by atoms with Crippen LogP contribution in [0.15, 0.2) is 67.8 Å². The van der Waals surface area contributed by atoms with Crippen LogP contribution in [0.3, 0.4) is 0 Å². The molecule has 2 aromatic rings. The lowest BCUT2D eigenvalue weighted by Crippen LogP contribution is -2.57. The highest BCUT2D eigenvalue weighted by atomic mass is 16.5. The molecule has 3 atom stereocenters. The molecule has 1 unspecified atom stereocenters. The number of nitrogens with one attached hydrogen (secondary N) is 1. The van der Waals surface area contributed by atoms with Crippen LogP contribution in [-0.2, 0) is 29.4 Å². The van der Waals surface area contributed by atoms with Crippen LogP contribution in [0.2, 0.25) is 0 Å². The molecule has 0 aromatic heterocycles. The van der Waals surface area contributed by atoms with Gasteiger partial charge in [0.15, 0.2) is 0 Å². The number of rotatable bonds is 13. The van der Waals surface area contributed by atoms with Crippen LogP contribution in [0, 0.1) is 5.41 Å². The van der Waals surface area contributed by atoms with Gasteiger partial charge < -0.3 is 24.4 Å². The van der Waals surface area contributed by atoms with Crippen LogP contribution in [-0.4, -0.2) is 62.3 Å². The Hall–Kier alpha value is -3.91. The second-order valence-electron chi connectivity index (χ2n) is 12.0. The first kappa shape index (κ1) is 33.6. The Morgan fingerprint density at radius 3 is 2.35 bits per heavy atom. The molecule has 0 radical (unpaired) electrons. The first-order chi connectivity index (χ1) is 20.5. The average molecular weight is 591 g/mol. The van der Waals surface area contributed by atoms with E-state index in [0.717, 1.165) is 47.9 Å². The van der Waals surface area contributed by atoms with E-state index >= 15 is 0 Å². The number of unbranched alkanes of at least 4 members (excludes halogenated alkanes) is 3. The Kier molecular flexibility index (Phi) is 11.7. The van der Waals surface area contributed by atoms with Gasteiger partial charge in [0, 0.05) is 13.5 Å². The molecular formula is C35H46N2O6. The van der Waals surface area contributed by atoms with Gasteiger partial charge in [-0.25, -0.2) is 9.59 Å². The van der Waals surface area contributed by atoms with Crippen molar-refractivity contribution in [2.24, 2.45) is 5.41 Å². The second-order valence-corrected chi connectivity index (χ2v) is 12.0. The number of alkyl carbamates (subject to hydrolysis) is 1. The smallest absolute Gasteiger partial charge is 0.407 e. The summed E-state index contributed by atoms with van der Waals surface area (Å²) in [6.45, 7) is 13.6. The summed E-state index contributed by atoms with van der Waals surface area (Å²) in [7, 11) is 2.88. The molecule has 3 rings (SSSR count). The standard InChI is InChI=1S/C35H46N2O6/c1-8-10-11-12-15-22-43-33(40)36-30(34(3,4)5)31(38)37-24-35(42-7,23-29(37)32(39)41-6)27-20-18-26(19-21-27)28-17-14-13-16-25(28)9-2/h8-9,13-14,16-21,29-30H,1-2,10-12,15,22-24H2,3-7H3,(H,36,40)/t29-,30?,35-/m0/s1. The zero-order valence-corrected chi connectivity index (χ0v) is 26.2. The van der Waals surface area contributed by atoms with Gasteiger partial charge in [-0.2, -0.15) is 0 Å². The first-order valence-electron chi connectivity index (χ1n) is 14.8. The summed E-state index contributed by atoms with van der Waals surface area (Å²) in [6.07, 6.45) is 6.76. The summed E-state index contributed by atoms with van der Waals surface area (Å²) in [5.41, 5.74) is 2.28. The number of carbonyl (C=O) groups excluding carboxylic acids is 3. The van der Waals surface area contributed by atoms with Gasteiger partial charge in [-0.3, -0.25) is 4.79 Å². The van der Waals surface area contributed by atoms with E-state index in [1.807, 2.05) is 81.5 Å². The van der Waals surface area contributed by atoms with Gasteiger partial charge in [0.2, 0.25) is 5.91 Å². The molecule has 0 saturated carbocycles. The van der Waals surface area contributed by atoms with E-state index in [2.05, 4.69) is 18.5 Å². The summed E-state index contributed by atoms with van der Waals surface area (Å²) < 4.78 is 16.6. The third-order valence-corrected chi connectivity index (χ3v) is 8.04. The number of allylic oxidation sites excluding steroid dienone is 1. The Morgan fingerprint density at radius 2 is 1.74 bits per heavy atom. The second kappa shape index (κ2) is 15.0. The van der Waals surface area contributed by atoms with Gasteiger partial charge in [-0.15, -0.1) is 6.58 Å². The number of nitrogens with zero attached hydrogens (tertiary/aromatic N) is 1. The van der Waals surface area contributed by atoms with Gasteiger partial charge in [-0.1, -0.05) is 88.0 Å². The van der Waals surface area contributed by atoms with Crippen molar-refractivity contribution in [2.75, 3.05) is 27.4 Å². The summed E-state index contributed by atoms with van der Waals surface area (Å²) in [4.78, 5) is 41.4. The Bertz CT molecular complexity index is 1280. The summed E-state index contributed by atoms with van der Waals surface area (Å²) >= 11 is 0. The molecule has 2 aromatic carbocycles.